The second kappa shape index (κ2) is 4.39. The summed E-state index contributed by atoms with van der Waals surface area (Å²) in [4.78, 5) is 20.9. The highest BCUT2D eigenvalue weighted by Crippen LogP contribution is 2.46. The van der Waals surface area contributed by atoms with Crippen molar-refractivity contribution in [2.75, 3.05) is 0 Å². The molecule has 0 saturated heterocycles. The summed E-state index contributed by atoms with van der Waals surface area (Å²) in [5, 5.41) is 3.11. The van der Waals surface area contributed by atoms with Gasteiger partial charge in [-0.3, -0.25) is 9.78 Å². The molecular weight excluding hydrogens is 278 g/mol. The van der Waals surface area contributed by atoms with Gasteiger partial charge in [-0.25, -0.2) is 4.98 Å². The maximum absolute atomic E-state index is 12.2. The number of hydrogen-bond acceptors (Lipinski definition) is 4. The number of nitrogens with zero attached hydrogens (tertiary/aromatic N) is 3. The first-order valence-corrected chi connectivity index (χ1v) is 7.57. The van der Waals surface area contributed by atoms with Crippen LogP contribution in [0.3, 0.4) is 0 Å². The van der Waals surface area contributed by atoms with Gasteiger partial charge in [0.1, 0.15) is 0 Å². The largest absolute Gasteiger partial charge is 0.343 e. The van der Waals surface area contributed by atoms with Gasteiger partial charge in [0.15, 0.2) is 0 Å². The van der Waals surface area contributed by atoms with Crippen LogP contribution in [-0.2, 0) is 17.4 Å². The molecule has 3 N–H and O–H groups in total. The molecule has 2 aromatic rings. The molecular formula is C16H19N5O. The number of carbonyl (C=O) groups is 1. The molecule has 4 rings (SSSR count). The van der Waals surface area contributed by atoms with Crippen LogP contribution in [0.25, 0.3) is 11.3 Å². The summed E-state index contributed by atoms with van der Waals surface area (Å²) in [6.07, 6.45) is 8.83. The third kappa shape index (κ3) is 2.11. The fourth-order valence-electron chi connectivity index (χ4n) is 2.74. The van der Waals surface area contributed by atoms with Crippen molar-refractivity contribution in [3.05, 3.63) is 36.5 Å². The van der Waals surface area contributed by atoms with Crippen LogP contribution in [0.1, 0.15) is 31.4 Å². The molecule has 2 saturated carbocycles. The predicted molar refractivity (Wildman–Crippen MR) is 81.6 cm³/mol. The van der Waals surface area contributed by atoms with Crippen molar-refractivity contribution in [2.45, 2.75) is 36.8 Å². The van der Waals surface area contributed by atoms with Crippen LogP contribution in [0.4, 0.5) is 0 Å². The Kier molecular flexibility index (Phi) is 2.69. The van der Waals surface area contributed by atoms with E-state index in [4.69, 9.17) is 5.73 Å². The quantitative estimate of drug-likeness (QED) is 0.884. The van der Waals surface area contributed by atoms with E-state index in [1.165, 1.54) is 0 Å². The van der Waals surface area contributed by atoms with E-state index in [9.17, 15) is 4.79 Å². The molecule has 0 aromatic carbocycles. The van der Waals surface area contributed by atoms with Crippen molar-refractivity contribution in [1.29, 1.82) is 0 Å². The van der Waals surface area contributed by atoms with Crippen LogP contribution in [0.15, 0.2) is 30.9 Å². The molecule has 1 amide bonds. The zero-order valence-corrected chi connectivity index (χ0v) is 12.5. The van der Waals surface area contributed by atoms with Crippen LogP contribution < -0.4 is 11.1 Å². The lowest BCUT2D eigenvalue weighted by Gasteiger charge is -2.19. The first-order chi connectivity index (χ1) is 10.5. The Morgan fingerprint density at radius 1 is 1.27 bits per heavy atom. The molecule has 6 nitrogen and oxygen atoms in total. The average Bonchev–Trinajstić information content (AvgIpc) is 3.41. The van der Waals surface area contributed by atoms with Gasteiger partial charge in [0.05, 0.1) is 35.0 Å². The first-order valence-electron chi connectivity index (χ1n) is 7.57. The van der Waals surface area contributed by atoms with Gasteiger partial charge in [0.25, 0.3) is 0 Å². The van der Waals surface area contributed by atoms with Crippen molar-refractivity contribution < 1.29 is 4.79 Å². The lowest BCUT2D eigenvalue weighted by molar-refractivity contribution is -0.124. The molecule has 2 fully saturated rings. The molecule has 2 heterocycles. The van der Waals surface area contributed by atoms with E-state index in [0.29, 0.717) is 0 Å². The van der Waals surface area contributed by atoms with Gasteiger partial charge in [0.2, 0.25) is 5.91 Å². The van der Waals surface area contributed by atoms with Crippen LogP contribution in [0, 0.1) is 0 Å². The second-order valence-electron chi connectivity index (χ2n) is 6.51. The van der Waals surface area contributed by atoms with E-state index < -0.39 is 5.54 Å². The van der Waals surface area contributed by atoms with Crippen LogP contribution in [-0.4, -0.2) is 26.0 Å². The smallest absolute Gasteiger partial charge is 0.240 e. The molecule has 0 bridgehead atoms. The zero-order valence-electron chi connectivity index (χ0n) is 12.5. The monoisotopic (exact) mass is 297 g/mol. The highest BCUT2D eigenvalue weighted by Gasteiger charge is 2.53. The lowest BCUT2D eigenvalue weighted by atomic mass is 10.1. The minimum atomic E-state index is -0.635. The Labute approximate surface area is 128 Å². The van der Waals surface area contributed by atoms with Gasteiger partial charge in [0, 0.05) is 18.8 Å². The number of imidazole rings is 1. The van der Waals surface area contributed by atoms with Crippen molar-refractivity contribution in [2.24, 2.45) is 12.8 Å². The van der Waals surface area contributed by atoms with Gasteiger partial charge < -0.3 is 15.6 Å². The number of aryl methyl sites for hydroxylation is 1. The normalized spacial score (nSPS) is 20.5. The Bertz CT molecular complexity index is 725. The average molecular weight is 297 g/mol. The van der Waals surface area contributed by atoms with E-state index in [1.54, 1.807) is 6.33 Å². The Hall–Kier alpha value is -2.21. The third-order valence-corrected chi connectivity index (χ3v) is 4.71. The van der Waals surface area contributed by atoms with Gasteiger partial charge in [-0.15, -0.1) is 0 Å². The van der Waals surface area contributed by atoms with E-state index in [0.717, 1.165) is 42.6 Å². The standard InChI is InChI=1S/C16H19N5O/c1-21-10-18-9-12(21)11-2-3-13(19-8-11)16(6-7-16)20-14(22)15(17)4-5-15/h2-3,8-10H,4-7,17H2,1H3,(H,20,22). The summed E-state index contributed by atoms with van der Waals surface area (Å²) in [6, 6.07) is 4.02. The van der Waals surface area contributed by atoms with Crippen molar-refractivity contribution >= 4 is 5.91 Å². The summed E-state index contributed by atoms with van der Waals surface area (Å²) in [5.41, 5.74) is 7.97. The van der Waals surface area contributed by atoms with Gasteiger partial charge in [-0.1, -0.05) is 0 Å². The molecule has 6 heteroatoms. The molecule has 2 aliphatic carbocycles. The summed E-state index contributed by atoms with van der Waals surface area (Å²) in [5.74, 6) is -0.0393. The molecule has 0 aliphatic heterocycles. The van der Waals surface area contributed by atoms with Crippen molar-refractivity contribution in [3.63, 3.8) is 0 Å². The van der Waals surface area contributed by atoms with Crippen LogP contribution in [0.5, 0.6) is 0 Å². The fourth-order valence-corrected chi connectivity index (χ4v) is 2.74. The number of hydrogen-bond donors (Lipinski definition) is 2. The number of nitrogens with two attached hydrogens (primary N) is 1. The third-order valence-electron chi connectivity index (χ3n) is 4.71. The highest BCUT2D eigenvalue weighted by atomic mass is 16.2. The maximum atomic E-state index is 12.2. The molecule has 0 unspecified atom stereocenters. The second-order valence-corrected chi connectivity index (χ2v) is 6.51. The number of rotatable bonds is 4. The fraction of sp³-hybridized carbons (Fsp3) is 0.438. The van der Waals surface area contributed by atoms with Crippen molar-refractivity contribution in [3.8, 4) is 11.3 Å². The highest BCUT2D eigenvalue weighted by molar-refractivity contribution is 5.90. The molecule has 114 valence electrons. The van der Waals surface area contributed by atoms with Crippen LogP contribution in [0.2, 0.25) is 0 Å². The lowest BCUT2D eigenvalue weighted by Crippen LogP contribution is -2.47. The van der Waals surface area contributed by atoms with Crippen molar-refractivity contribution in [1.82, 2.24) is 19.9 Å². The molecule has 0 atom stereocenters. The van der Waals surface area contributed by atoms with Gasteiger partial charge in [-0.05, 0) is 37.8 Å². The van der Waals surface area contributed by atoms with Gasteiger partial charge >= 0.3 is 0 Å². The van der Waals surface area contributed by atoms with E-state index in [2.05, 4.69) is 15.3 Å². The molecule has 2 aromatic heterocycles. The number of aromatic nitrogens is 3. The predicted octanol–water partition coefficient (Wildman–Crippen LogP) is 1.08. The number of pyridine rings is 1. The van der Waals surface area contributed by atoms with E-state index >= 15 is 0 Å². The summed E-state index contributed by atoms with van der Waals surface area (Å²) < 4.78 is 1.95. The topological polar surface area (TPSA) is 85.8 Å². The first kappa shape index (κ1) is 13.5. The summed E-state index contributed by atoms with van der Waals surface area (Å²) in [6.45, 7) is 0. The minimum absolute atomic E-state index is 0.0393. The number of nitrogens with one attached hydrogen (secondary N) is 1. The minimum Gasteiger partial charge on any atom is -0.343 e. The molecule has 0 spiro atoms. The maximum Gasteiger partial charge on any atom is 0.240 e. The molecule has 2 aliphatic rings. The Balaban J connectivity index is 1.56. The summed E-state index contributed by atoms with van der Waals surface area (Å²) in [7, 11) is 1.95. The SMILES string of the molecule is Cn1cncc1-c1ccc(C2(NC(=O)C3(N)CC3)CC2)nc1. The zero-order chi connectivity index (χ0) is 15.4. The summed E-state index contributed by atoms with van der Waals surface area (Å²) >= 11 is 0. The number of amides is 1. The van der Waals surface area contributed by atoms with E-state index in [1.807, 2.05) is 36.1 Å². The Morgan fingerprint density at radius 2 is 2.05 bits per heavy atom. The molecule has 22 heavy (non-hydrogen) atoms. The molecule has 0 radical (unpaired) electrons. The van der Waals surface area contributed by atoms with Crippen LogP contribution >= 0.6 is 0 Å². The number of carbonyl (C=O) groups excluding carboxylic acids is 1. The van der Waals surface area contributed by atoms with Gasteiger partial charge in [-0.2, -0.15) is 0 Å². The Morgan fingerprint density at radius 3 is 2.55 bits per heavy atom. The van der Waals surface area contributed by atoms with E-state index in [-0.39, 0.29) is 11.4 Å².